The maximum atomic E-state index is 6.67. The van der Waals surface area contributed by atoms with Crippen molar-refractivity contribution in [2.75, 3.05) is 4.90 Å². The molecule has 4 heteroatoms. The number of thiophene rings is 1. The topological polar surface area (TPSA) is 29.3 Å². The summed E-state index contributed by atoms with van der Waals surface area (Å²) in [5.74, 6) is 0.623. The molecule has 0 N–H and O–H groups in total. The van der Waals surface area contributed by atoms with E-state index in [1.54, 1.807) is 0 Å². The molecule has 0 unspecified atom stereocenters. The highest BCUT2D eigenvalue weighted by Crippen LogP contribution is 2.46. The summed E-state index contributed by atoms with van der Waals surface area (Å²) in [5, 5.41) is 4.73. The van der Waals surface area contributed by atoms with E-state index in [0.29, 0.717) is 5.89 Å². The van der Waals surface area contributed by atoms with Gasteiger partial charge in [-0.1, -0.05) is 146 Å². The van der Waals surface area contributed by atoms with Gasteiger partial charge in [0, 0.05) is 48.4 Å². The third-order valence-electron chi connectivity index (χ3n) is 10.9. The van der Waals surface area contributed by atoms with E-state index in [2.05, 4.69) is 205 Å². The first-order chi connectivity index (χ1) is 28.2. The molecule has 2 heterocycles. The molecule has 0 fully saturated rings. The van der Waals surface area contributed by atoms with E-state index < -0.39 is 0 Å². The van der Waals surface area contributed by atoms with Crippen LogP contribution in [0.5, 0.6) is 0 Å². The Morgan fingerprint density at radius 1 is 0.421 bits per heavy atom. The molecule has 0 saturated carbocycles. The normalized spacial score (nSPS) is 11.5. The molecule has 3 nitrogen and oxygen atoms in total. The number of rotatable bonds is 7. The first kappa shape index (κ1) is 33.1. The lowest BCUT2D eigenvalue weighted by molar-refractivity contribution is 0.623. The Kier molecular flexibility index (Phi) is 8.01. The van der Waals surface area contributed by atoms with Crippen molar-refractivity contribution >= 4 is 70.4 Å². The third kappa shape index (κ3) is 5.95. The van der Waals surface area contributed by atoms with Crippen molar-refractivity contribution in [2.45, 2.75) is 0 Å². The van der Waals surface area contributed by atoms with Crippen molar-refractivity contribution in [1.29, 1.82) is 0 Å². The maximum Gasteiger partial charge on any atom is 0.227 e. The lowest BCUT2D eigenvalue weighted by Crippen LogP contribution is -2.09. The summed E-state index contributed by atoms with van der Waals surface area (Å²) in [7, 11) is 0. The van der Waals surface area contributed by atoms with Crippen molar-refractivity contribution < 1.29 is 4.42 Å². The van der Waals surface area contributed by atoms with Gasteiger partial charge in [0.05, 0.1) is 0 Å². The smallest absolute Gasteiger partial charge is 0.227 e. The molecule has 0 amide bonds. The molecule has 0 spiro atoms. The van der Waals surface area contributed by atoms with Crippen LogP contribution in [0.1, 0.15) is 0 Å². The Morgan fingerprint density at radius 3 is 1.63 bits per heavy atom. The first-order valence-corrected chi connectivity index (χ1v) is 20.0. The summed E-state index contributed by atoms with van der Waals surface area (Å²) < 4.78 is 9.10. The molecule has 0 bridgehead atoms. The Morgan fingerprint density at radius 2 is 0.947 bits per heavy atom. The zero-order valence-electron chi connectivity index (χ0n) is 30.8. The number of oxazole rings is 1. The van der Waals surface area contributed by atoms with Crippen molar-refractivity contribution in [3.63, 3.8) is 0 Å². The number of nitrogens with zero attached hydrogens (tertiary/aromatic N) is 2. The van der Waals surface area contributed by atoms with E-state index in [1.165, 1.54) is 42.2 Å². The summed E-state index contributed by atoms with van der Waals surface area (Å²) in [4.78, 5) is 7.46. The van der Waals surface area contributed by atoms with Gasteiger partial charge in [-0.3, -0.25) is 0 Å². The fourth-order valence-electron chi connectivity index (χ4n) is 8.03. The van der Waals surface area contributed by atoms with Gasteiger partial charge in [0.2, 0.25) is 5.89 Å². The molecular weight excluding hydrogens is 713 g/mol. The van der Waals surface area contributed by atoms with Gasteiger partial charge >= 0.3 is 0 Å². The predicted octanol–water partition coefficient (Wildman–Crippen LogP) is 15.5. The number of hydrogen-bond acceptors (Lipinski definition) is 4. The molecule has 11 aromatic rings. The molecule has 0 aliphatic heterocycles. The molecule has 0 saturated heterocycles. The second kappa shape index (κ2) is 13.8. The third-order valence-corrected chi connectivity index (χ3v) is 12.1. The zero-order chi connectivity index (χ0) is 37.7. The highest BCUT2D eigenvalue weighted by molar-refractivity contribution is 7.26. The number of aromatic nitrogens is 1. The van der Waals surface area contributed by atoms with Crippen LogP contribution < -0.4 is 4.90 Å². The van der Waals surface area contributed by atoms with Crippen LogP contribution in [0, 0.1) is 0 Å². The van der Waals surface area contributed by atoms with Crippen LogP contribution in [-0.2, 0) is 0 Å². The Bertz CT molecular complexity index is 3200. The van der Waals surface area contributed by atoms with Crippen molar-refractivity contribution in [3.05, 3.63) is 206 Å². The molecule has 2 aromatic heterocycles. The Labute approximate surface area is 334 Å². The molecule has 11 rings (SSSR count). The monoisotopic (exact) mass is 746 g/mol. The minimum absolute atomic E-state index is 0.623. The quantitative estimate of drug-likeness (QED) is 0.163. The van der Waals surface area contributed by atoms with Gasteiger partial charge in [0.15, 0.2) is 5.58 Å². The largest absolute Gasteiger partial charge is 0.435 e. The SMILES string of the molecule is c1ccc(-c2ccc(-c3nc4cc(-c5ccc(N(c6ccc(-c7ccccc7)cc6)c6ccc7ccccc7c6)cc5)c5sc6ccccc6c5c4o3)cc2)cc1. The van der Waals surface area contributed by atoms with E-state index in [0.717, 1.165) is 55.8 Å². The van der Waals surface area contributed by atoms with Gasteiger partial charge in [-0.05, 0) is 99.3 Å². The van der Waals surface area contributed by atoms with Crippen molar-refractivity contribution in [3.8, 4) is 44.8 Å². The fraction of sp³-hybridized carbons (Fsp3) is 0. The van der Waals surface area contributed by atoms with Gasteiger partial charge in [-0.15, -0.1) is 11.3 Å². The Balaban J connectivity index is 1.02. The van der Waals surface area contributed by atoms with Crippen LogP contribution in [0.15, 0.2) is 211 Å². The van der Waals surface area contributed by atoms with Crippen LogP contribution in [-0.4, -0.2) is 4.98 Å². The number of hydrogen-bond donors (Lipinski definition) is 0. The van der Waals surface area contributed by atoms with E-state index in [4.69, 9.17) is 9.40 Å². The summed E-state index contributed by atoms with van der Waals surface area (Å²) >= 11 is 1.81. The number of benzene rings is 9. The fourth-order valence-corrected chi connectivity index (χ4v) is 9.27. The predicted molar refractivity (Wildman–Crippen MR) is 241 cm³/mol. The van der Waals surface area contributed by atoms with Gasteiger partial charge in [0.1, 0.15) is 5.52 Å². The summed E-state index contributed by atoms with van der Waals surface area (Å²) in [6.45, 7) is 0. The number of anilines is 3. The summed E-state index contributed by atoms with van der Waals surface area (Å²) in [6.07, 6.45) is 0. The summed E-state index contributed by atoms with van der Waals surface area (Å²) in [5.41, 5.74) is 12.9. The lowest BCUT2D eigenvalue weighted by atomic mass is 10.0. The van der Waals surface area contributed by atoms with Crippen molar-refractivity contribution in [1.82, 2.24) is 4.98 Å². The molecule has 0 aliphatic rings. The van der Waals surface area contributed by atoms with E-state index in [-0.39, 0.29) is 0 Å². The molecule has 0 aliphatic carbocycles. The molecule has 9 aromatic carbocycles. The van der Waals surface area contributed by atoms with Gasteiger partial charge in [-0.25, -0.2) is 4.98 Å². The molecule has 57 heavy (non-hydrogen) atoms. The second-order valence-corrected chi connectivity index (χ2v) is 15.4. The minimum Gasteiger partial charge on any atom is -0.435 e. The minimum atomic E-state index is 0.623. The number of fused-ring (bicyclic) bond motifs is 6. The molecule has 268 valence electrons. The van der Waals surface area contributed by atoms with Crippen LogP contribution in [0.25, 0.3) is 86.9 Å². The highest BCUT2D eigenvalue weighted by atomic mass is 32.1. The first-order valence-electron chi connectivity index (χ1n) is 19.2. The van der Waals surface area contributed by atoms with Gasteiger partial charge in [0.25, 0.3) is 0 Å². The van der Waals surface area contributed by atoms with Crippen LogP contribution in [0.3, 0.4) is 0 Å². The lowest BCUT2D eigenvalue weighted by Gasteiger charge is -2.26. The standard InChI is InChI=1S/C53H34N2OS/c1-3-11-35(12-4-1)38-19-21-41(22-20-38)53-54-48-34-47(52-50(51(48)56-53)46-17-9-10-18-49(46)57-52)40-26-30-44(31-27-40)55(45-32-25-37-15-7-8-16-42(37)33-45)43-28-23-39(24-29-43)36-13-5-2-6-14-36/h1-34H. The van der Waals surface area contributed by atoms with Gasteiger partial charge in [-0.2, -0.15) is 0 Å². The maximum absolute atomic E-state index is 6.67. The Hall–Kier alpha value is -7.27. The molecule has 0 atom stereocenters. The highest BCUT2D eigenvalue weighted by Gasteiger charge is 2.21. The van der Waals surface area contributed by atoms with Crippen molar-refractivity contribution in [2.24, 2.45) is 0 Å². The molecule has 0 radical (unpaired) electrons. The van der Waals surface area contributed by atoms with E-state index >= 15 is 0 Å². The van der Waals surface area contributed by atoms with Gasteiger partial charge < -0.3 is 9.32 Å². The van der Waals surface area contributed by atoms with E-state index in [1.807, 2.05) is 17.4 Å². The summed E-state index contributed by atoms with van der Waals surface area (Å²) in [6, 6.07) is 73.4. The second-order valence-electron chi connectivity index (χ2n) is 14.4. The average Bonchev–Trinajstić information content (AvgIpc) is 3.90. The average molecular weight is 747 g/mol. The van der Waals surface area contributed by atoms with E-state index in [9.17, 15) is 0 Å². The van der Waals surface area contributed by atoms with Crippen LogP contribution in [0.4, 0.5) is 17.1 Å². The zero-order valence-corrected chi connectivity index (χ0v) is 31.7. The van der Waals surface area contributed by atoms with Crippen LogP contribution in [0.2, 0.25) is 0 Å². The molecular formula is C53H34N2OS. The van der Waals surface area contributed by atoms with Crippen LogP contribution >= 0.6 is 11.3 Å².